The highest BCUT2D eigenvalue weighted by Gasteiger charge is 2.27. The van der Waals surface area contributed by atoms with Crippen molar-refractivity contribution in [2.45, 2.75) is 13.8 Å². The summed E-state index contributed by atoms with van der Waals surface area (Å²) in [7, 11) is 0. The van der Waals surface area contributed by atoms with E-state index < -0.39 is 5.91 Å². The van der Waals surface area contributed by atoms with Crippen LogP contribution in [0.4, 0.5) is 0 Å². The molecule has 1 unspecified atom stereocenters. The van der Waals surface area contributed by atoms with Crippen molar-refractivity contribution in [1.29, 1.82) is 5.26 Å². The van der Waals surface area contributed by atoms with Gasteiger partial charge in [-0.05, 0) is 44.2 Å². The fraction of sp³-hybridized carbons (Fsp3) is 0.158. The molecule has 1 aromatic carbocycles. The number of aliphatic imine (C=N–C) groups is 1. The topological polar surface area (TPSA) is 82.3 Å². The SMILES string of the molecule is CC1=C(C)C2C=CC(=NC(=O)c3cccc(C#N)c3)C=C2NC1=O. The summed E-state index contributed by atoms with van der Waals surface area (Å²) in [5.41, 5.74) is 3.67. The van der Waals surface area contributed by atoms with Gasteiger partial charge in [-0.3, -0.25) is 9.59 Å². The van der Waals surface area contributed by atoms with Gasteiger partial charge in [0.15, 0.2) is 0 Å². The molecule has 0 spiro atoms. The lowest BCUT2D eigenvalue weighted by atomic mass is 9.85. The molecule has 5 heteroatoms. The van der Waals surface area contributed by atoms with E-state index in [9.17, 15) is 9.59 Å². The summed E-state index contributed by atoms with van der Waals surface area (Å²) >= 11 is 0. The normalized spacial score (nSPS) is 21.0. The van der Waals surface area contributed by atoms with Crippen molar-refractivity contribution in [3.8, 4) is 6.07 Å². The molecule has 2 aliphatic rings. The van der Waals surface area contributed by atoms with Crippen LogP contribution in [-0.4, -0.2) is 17.5 Å². The van der Waals surface area contributed by atoms with Crippen LogP contribution in [0.1, 0.15) is 29.8 Å². The Morgan fingerprint density at radius 1 is 1.33 bits per heavy atom. The van der Waals surface area contributed by atoms with E-state index in [2.05, 4.69) is 10.3 Å². The Morgan fingerprint density at radius 3 is 2.88 bits per heavy atom. The van der Waals surface area contributed by atoms with Gasteiger partial charge in [0.2, 0.25) is 0 Å². The molecule has 0 aromatic heterocycles. The minimum absolute atomic E-state index is 0.0127. The fourth-order valence-corrected chi connectivity index (χ4v) is 2.70. The van der Waals surface area contributed by atoms with E-state index in [-0.39, 0.29) is 11.8 Å². The van der Waals surface area contributed by atoms with E-state index in [0.29, 0.717) is 22.4 Å². The van der Waals surface area contributed by atoms with E-state index in [1.807, 2.05) is 19.1 Å². The highest BCUT2D eigenvalue weighted by atomic mass is 16.2. The largest absolute Gasteiger partial charge is 0.325 e. The molecule has 1 aliphatic heterocycles. The van der Waals surface area contributed by atoms with Crippen LogP contribution in [0.5, 0.6) is 0 Å². The number of benzene rings is 1. The van der Waals surface area contributed by atoms with Crippen LogP contribution in [-0.2, 0) is 4.79 Å². The van der Waals surface area contributed by atoms with Crippen LogP contribution in [0.25, 0.3) is 0 Å². The third-order valence-corrected chi connectivity index (χ3v) is 4.22. The highest BCUT2D eigenvalue weighted by molar-refractivity contribution is 6.14. The Morgan fingerprint density at radius 2 is 2.12 bits per heavy atom. The van der Waals surface area contributed by atoms with Crippen molar-refractivity contribution in [2.24, 2.45) is 10.9 Å². The molecule has 3 rings (SSSR count). The number of hydrogen-bond donors (Lipinski definition) is 1. The van der Waals surface area contributed by atoms with E-state index in [1.54, 1.807) is 37.3 Å². The molecule has 5 nitrogen and oxygen atoms in total. The first kappa shape index (κ1) is 15.6. The predicted octanol–water partition coefficient (Wildman–Crippen LogP) is 2.68. The zero-order valence-electron chi connectivity index (χ0n) is 13.3. The van der Waals surface area contributed by atoms with Crippen molar-refractivity contribution in [2.75, 3.05) is 0 Å². The smallest absolute Gasteiger partial charge is 0.277 e. The average molecular weight is 317 g/mol. The summed E-state index contributed by atoms with van der Waals surface area (Å²) in [5, 5.41) is 11.7. The Hall–Kier alpha value is -3.26. The number of nitriles is 1. The van der Waals surface area contributed by atoms with E-state index >= 15 is 0 Å². The number of nitrogens with one attached hydrogen (secondary N) is 1. The van der Waals surface area contributed by atoms with Gasteiger partial charge in [0.05, 0.1) is 17.3 Å². The molecular weight excluding hydrogens is 302 g/mol. The maximum atomic E-state index is 12.3. The number of carbonyl (C=O) groups excluding carboxylic acids is 2. The summed E-state index contributed by atoms with van der Waals surface area (Å²) < 4.78 is 0. The van der Waals surface area contributed by atoms with Crippen molar-refractivity contribution < 1.29 is 9.59 Å². The van der Waals surface area contributed by atoms with Crippen LogP contribution in [0.3, 0.4) is 0 Å². The molecule has 118 valence electrons. The van der Waals surface area contributed by atoms with E-state index in [4.69, 9.17) is 5.26 Å². The molecule has 0 saturated heterocycles. The lowest BCUT2D eigenvalue weighted by Gasteiger charge is -2.28. The predicted molar refractivity (Wildman–Crippen MR) is 90.2 cm³/mol. The Balaban J connectivity index is 1.90. The maximum Gasteiger partial charge on any atom is 0.277 e. The van der Waals surface area contributed by atoms with Gasteiger partial charge in [-0.25, -0.2) is 4.99 Å². The molecule has 0 radical (unpaired) electrons. The lowest BCUT2D eigenvalue weighted by molar-refractivity contribution is -0.117. The van der Waals surface area contributed by atoms with Crippen LogP contribution >= 0.6 is 0 Å². The number of rotatable bonds is 1. The van der Waals surface area contributed by atoms with Gasteiger partial charge in [0.1, 0.15) is 0 Å². The summed E-state index contributed by atoms with van der Waals surface area (Å²) in [4.78, 5) is 28.3. The molecule has 0 bridgehead atoms. The Bertz CT molecular complexity index is 911. The molecule has 1 atom stereocenters. The van der Waals surface area contributed by atoms with Gasteiger partial charge in [0, 0.05) is 22.8 Å². The van der Waals surface area contributed by atoms with Crippen molar-refractivity contribution in [1.82, 2.24) is 5.32 Å². The van der Waals surface area contributed by atoms with Gasteiger partial charge in [0.25, 0.3) is 11.8 Å². The van der Waals surface area contributed by atoms with Crippen LogP contribution in [0.15, 0.2) is 64.3 Å². The lowest BCUT2D eigenvalue weighted by Crippen LogP contribution is -2.35. The molecule has 0 saturated carbocycles. The zero-order valence-corrected chi connectivity index (χ0v) is 13.3. The number of carbonyl (C=O) groups is 2. The Kier molecular flexibility index (Phi) is 3.97. The van der Waals surface area contributed by atoms with Gasteiger partial charge < -0.3 is 5.32 Å². The average Bonchev–Trinajstić information content (AvgIpc) is 2.59. The standard InChI is InChI=1S/C19H15N3O2/c1-11-12(2)18(23)22-17-9-15(6-7-16(11)17)21-19(24)14-5-3-4-13(8-14)10-20/h3-9,16H,1-2H3,(H,22,23). The molecule has 24 heavy (non-hydrogen) atoms. The van der Waals surface area contributed by atoms with Gasteiger partial charge in [-0.2, -0.15) is 5.26 Å². The van der Waals surface area contributed by atoms with Crippen molar-refractivity contribution in [3.05, 3.63) is 70.5 Å². The summed E-state index contributed by atoms with van der Waals surface area (Å²) in [6.07, 6.45) is 5.41. The first-order valence-corrected chi connectivity index (χ1v) is 7.51. The third-order valence-electron chi connectivity index (χ3n) is 4.22. The summed E-state index contributed by atoms with van der Waals surface area (Å²) in [5.74, 6) is -0.538. The van der Waals surface area contributed by atoms with Crippen LogP contribution in [0, 0.1) is 17.2 Å². The number of hydrogen-bond acceptors (Lipinski definition) is 3. The summed E-state index contributed by atoms with van der Waals surface area (Å²) in [6, 6.07) is 8.40. The second-order valence-electron chi connectivity index (χ2n) is 5.73. The second-order valence-corrected chi connectivity index (χ2v) is 5.73. The molecule has 1 N–H and O–H groups in total. The number of allylic oxidation sites excluding steroid dienone is 3. The molecular formula is C19H15N3O2. The van der Waals surface area contributed by atoms with Crippen molar-refractivity contribution >= 4 is 17.5 Å². The fourth-order valence-electron chi connectivity index (χ4n) is 2.70. The minimum atomic E-state index is -0.423. The molecule has 2 amide bonds. The molecule has 1 aliphatic carbocycles. The van der Waals surface area contributed by atoms with Gasteiger partial charge in [-0.1, -0.05) is 17.7 Å². The summed E-state index contributed by atoms with van der Waals surface area (Å²) in [6.45, 7) is 3.72. The van der Waals surface area contributed by atoms with Crippen molar-refractivity contribution in [3.63, 3.8) is 0 Å². The van der Waals surface area contributed by atoms with Gasteiger partial charge in [-0.15, -0.1) is 0 Å². The second kappa shape index (κ2) is 6.09. The minimum Gasteiger partial charge on any atom is -0.325 e. The molecule has 1 aromatic rings. The first-order valence-electron chi connectivity index (χ1n) is 7.51. The molecule has 0 fully saturated rings. The third kappa shape index (κ3) is 2.82. The monoisotopic (exact) mass is 317 g/mol. The van der Waals surface area contributed by atoms with Crippen LogP contribution in [0.2, 0.25) is 0 Å². The van der Waals surface area contributed by atoms with Crippen LogP contribution < -0.4 is 5.32 Å². The van der Waals surface area contributed by atoms with E-state index in [1.165, 1.54) is 6.07 Å². The number of amides is 2. The Labute approximate surface area is 139 Å². The maximum absolute atomic E-state index is 12.3. The quantitative estimate of drug-likeness (QED) is 0.864. The number of nitrogens with zero attached hydrogens (tertiary/aromatic N) is 2. The number of fused-ring (bicyclic) bond motifs is 1. The first-order chi connectivity index (χ1) is 11.5. The highest BCUT2D eigenvalue weighted by Crippen LogP contribution is 2.29. The van der Waals surface area contributed by atoms with Gasteiger partial charge >= 0.3 is 0 Å². The molecule has 1 heterocycles. The van der Waals surface area contributed by atoms with E-state index in [0.717, 1.165) is 11.3 Å². The zero-order chi connectivity index (χ0) is 17.3.